The maximum Gasteiger partial charge on any atom is 0.389 e. The highest BCUT2D eigenvalue weighted by Gasteiger charge is 2.12. The fourth-order valence-corrected chi connectivity index (χ4v) is 3.32. The van der Waals surface area contributed by atoms with Crippen molar-refractivity contribution in [3.63, 3.8) is 0 Å². The van der Waals surface area contributed by atoms with E-state index < -0.39 is 4.92 Å². The summed E-state index contributed by atoms with van der Waals surface area (Å²) in [6.07, 6.45) is 4.61. The van der Waals surface area contributed by atoms with Gasteiger partial charge in [0.25, 0.3) is 0 Å². The molecule has 3 heterocycles. The normalized spacial score (nSPS) is 11.3. The number of hydrogen-bond acceptors (Lipinski definition) is 6. The predicted molar refractivity (Wildman–Crippen MR) is 93.8 cm³/mol. The summed E-state index contributed by atoms with van der Waals surface area (Å²) < 4.78 is 7.04. The Bertz CT molecular complexity index is 964. The van der Waals surface area contributed by atoms with Gasteiger partial charge in [-0.05, 0) is 49.1 Å². The molecule has 3 rings (SSSR count). The number of ketones is 1. The second-order valence-corrected chi connectivity index (χ2v) is 6.92. The van der Waals surface area contributed by atoms with Crippen LogP contribution in [0.15, 0.2) is 41.0 Å². The molecule has 0 bridgehead atoms. The molecule has 3 aromatic rings. The molecule has 0 saturated carbocycles. The maximum absolute atomic E-state index is 12.2. The molecule has 7 nitrogen and oxygen atoms in total. The van der Waals surface area contributed by atoms with E-state index in [4.69, 9.17) is 4.42 Å². The number of carbonyl (C=O) groups excluding carboxylic acids is 1. The van der Waals surface area contributed by atoms with Gasteiger partial charge < -0.3 is 14.5 Å². The van der Waals surface area contributed by atoms with Crippen molar-refractivity contribution in [2.75, 3.05) is 0 Å². The van der Waals surface area contributed by atoms with Gasteiger partial charge in [-0.1, -0.05) is 0 Å². The molecule has 0 atom stereocenters. The van der Waals surface area contributed by atoms with Gasteiger partial charge in [-0.15, -0.1) is 11.3 Å². The van der Waals surface area contributed by atoms with Crippen molar-refractivity contribution in [3.8, 4) is 0 Å². The van der Waals surface area contributed by atoms with Crippen LogP contribution in [0.2, 0.25) is 0 Å². The van der Waals surface area contributed by atoms with E-state index in [1.54, 1.807) is 29.5 Å². The number of carbonyl (C=O) groups is 1. The highest BCUT2D eigenvalue weighted by Crippen LogP contribution is 2.22. The highest BCUT2D eigenvalue weighted by molar-refractivity contribution is 7.12. The summed E-state index contributed by atoms with van der Waals surface area (Å²) in [5.74, 6) is 0.850. The van der Waals surface area contributed by atoms with Crippen LogP contribution in [-0.4, -0.2) is 20.5 Å². The second kappa shape index (κ2) is 6.86. The minimum atomic E-state index is -0.549. The first-order valence-electron chi connectivity index (χ1n) is 7.48. The third-order valence-electron chi connectivity index (χ3n) is 3.52. The summed E-state index contributed by atoms with van der Waals surface area (Å²) in [6.45, 7) is 4.17. The van der Waals surface area contributed by atoms with Gasteiger partial charge in [0.2, 0.25) is 0 Å². The minimum Gasteiger partial charge on any atom is -0.460 e. The van der Waals surface area contributed by atoms with Crippen LogP contribution in [0.25, 0.3) is 6.08 Å². The molecule has 0 spiro atoms. The first-order valence-corrected chi connectivity index (χ1v) is 8.30. The standard InChI is InChI=1S/C17H15N3O4S/c1-11-9-15(12(2)25-11)16(21)6-5-13-3-4-14(24-13)10-19-8-7-17(18-19)20(22)23/h3-9H,10H2,1-2H3/b6-5+. The van der Waals surface area contributed by atoms with Gasteiger partial charge in [0, 0.05) is 15.3 Å². The molecule has 0 unspecified atom stereocenters. The van der Waals surface area contributed by atoms with Crippen LogP contribution in [0, 0.1) is 24.0 Å². The first kappa shape index (κ1) is 16.8. The zero-order valence-corrected chi connectivity index (χ0v) is 14.4. The van der Waals surface area contributed by atoms with E-state index in [2.05, 4.69) is 5.10 Å². The summed E-state index contributed by atoms with van der Waals surface area (Å²) in [5, 5.41) is 14.5. The van der Waals surface area contributed by atoms with Gasteiger partial charge in [0.05, 0.1) is 17.4 Å². The van der Waals surface area contributed by atoms with E-state index in [0.29, 0.717) is 17.1 Å². The molecule has 0 amide bonds. The van der Waals surface area contributed by atoms with Crippen molar-refractivity contribution in [1.29, 1.82) is 0 Å². The van der Waals surface area contributed by atoms with E-state index in [0.717, 1.165) is 9.75 Å². The Morgan fingerprint density at radius 1 is 1.40 bits per heavy atom. The van der Waals surface area contributed by atoms with Crippen LogP contribution in [0.1, 0.15) is 31.6 Å². The van der Waals surface area contributed by atoms with E-state index >= 15 is 0 Å². The van der Waals surface area contributed by atoms with Gasteiger partial charge in [-0.2, -0.15) is 4.68 Å². The smallest absolute Gasteiger partial charge is 0.389 e. The number of rotatable bonds is 6. The Morgan fingerprint density at radius 3 is 2.84 bits per heavy atom. The molecule has 0 aliphatic heterocycles. The summed E-state index contributed by atoms with van der Waals surface area (Å²) in [6, 6.07) is 6.69. The van der Waals surface area contributed by atoms with Crippen LogP contribution in [-0.2, 0) is 6.54 Å². The van der Waals surface area contributed by atoms with Gasteiger partial charge in [0.15, 0.2) is 5.78 Å². The lowest BCUT2D eigenvalue weighted by atomic mass is 10.1. The molecule has 0 radical (unpaired) electrons. The SMILES string of the molecule is Cc1cc(C(=O)/C=C/c2ccc(Cn3ccc([N+](=O)[O-])n3)o2)c(C)s1. The first-order chi connectivity index (χ1) is 11.9. The van der Waals surface area contributed by atoms with Gasteiger partial charge in [-0.3, -0.25) is 4.79 Å². The zero-order chi connectivity index (χ0) is 18.0. The van der Waals surface area contributed by atoms with Gasteiger partial charge in [0.1, 0.15) is 18.1 Å². The van der Waals surface area contributed by atoms with Gasteiger partial charge in [-0.25, -0.2) is 0 Å². The molecule has 0 aromatic carbocycles. The fraction of sp³-hybridized carbons (Fsp3) is 0.176. The Labute approximate surface area is 147 Å². The summed E-state index contributed by atoms with van der Waals surface area (Å²) in [4.78, 5) is 24.4. The Kier molecular flexibility index (Phi) is 4.62. The van der Waals surface area contributed by atoms with Gasteiger partial charge >= 0.3 is 5.82 Å². The van der Waals surface area contributed by atoms with Crippen LogP contribution in [0.3, 0.4) is 0 Å². The molecule has 0 saturated heterocycles. The average Bonchev–Trinajstić information content (AvgIpc) is 3.26. The van der Waals surface area contributed by atoms with E-state index in [-0.39, 0.29) is 18.1 Å². The van der Waals surface area contributed by atoms with E-state index in [1.165, 1.54) is 23.0 Å². The maximum atomic E-state index is 12.2. The molecule has 128 valence electrons. The quantitative estimate of drug-likeness (QED) is 0.288. The molecule has 0 aliphatic carbocycles. The number of nitro groups is 1. The molecule has 0 aliphatic rings. The number of thiophene rings is 1. The van der Waals surface area contributed by atoms with E-state index in [9.17, 15) is 14.9 Å². The molecule has 0 fully saturated rings. The largest absolute Gasteiger partial charge is 0.460 e. The average molecular weight is 357 g/mol. The lowest BCUT2D eigenvalue weighted by molar-refractivity contribution is -0.389. The lowest BCUT2D eigenvalue weighted by Crippen LogP contribution is -2.00. The molecule has 3 aromatic heterocycles. The topological polar surface area (TPSA) is 91.2 Å². The third-order valence-corrected chi connectivity index (χ3v) is 4.49. The van der Waals surface area contributed by atoms with Crippen molar-refractivity contribution in [2.24, 2.45) is 0 Å². The number of furan rings is 1. The molecule has 8 heteroatoms. The summed E-state index contributed by atoms with van der Waals surface area (Å²) in [7, 11) is 0. The number of aryl methyl sites for hydroxylation is 2. The van der Waals surface area contributed by atoms with Crippen molar-refractivity contribution in [3.05, 3.63) is 73.5 Å². The van der Waals surface area contributed by atoms with Crippen LogP contribution in [0.4, 0.5) is 5.82 Å². The molecular weight excluding hydrogens is 342 g/mol. The Morgan fingerprint density at radius 2 is 2.20 bits per heavy atom. The van der Waals surface area contributed by atoms with Crippen LogP contribution in [0.5, 0.6) is 0 Å². The number of hydrogen-bond donors (Lipinski definition) is 0. The Balaban J connectivity index is 1.67. The second-order valence-electron chi connectivity index (χ2n) is 5.46. The zero-order valence-electron chi connectivity index (χ0n) is 13.6. The Hall–Kier alpha value is -3.00. The van der Waals surface area contributed by atoms with Crippen LogP contribution < -0.4 is 0 Å². The van der Waals surface area contributed by atoms with Crippen LogP contribution >= 0.6 is 11.3 Å². The van der Waals surface area contributed by atoms with Crippen molar-refractivity contribution in [2.45, 2.75) is 20.4 Å². The predicted octanol–water partition coefficient (Wildman–Crippen LogP) is 4.01. The number of nitrogens with zero attached hydrogens (tertiary/aromatic N) is 3. The number of aromatic nitrogens is 2. The fourth-order valence-electron chi connectivity index (χ4n) is 2.39. The highest BCUT2D eigenvalue weighted by atomic mass is 32.1. The van der Waals surface area contributed by atoms with Crippen molar-refractivity contribution in [1.82, 2.24) is 9.78 Å². The molecule has 25 heavy (non-hydrogen) atoms. The summed E-state index contributed by atoms with van der Waals surface area (Å²) >= 11 is 1.59. The number of allylic oxidation sites excluding steroid dienone is 1. The van der Waals surface area contributed by atoms with Crippen molar-refractivity contribution < 1.29 is 14.1 Å². The molecular formula is C17H15N3O4S. The molecule has 0 N–H and O–H groups in total. The van der Waals surface area contributed by atoms with E-state index in [1.807, 2.05) is 19.9 Å². The third kappa shape index (κ3) is 3.92. The van der Waals surface area contributed by atoms with Crippen molar-refractivity contribution >= 4 is 29.0 Å². The monoisotopic (exact) mass is 357 g/mol. The minimum absolute atomic E-state index is 0.0671. The lowest BCUT2D eigenvalue weighted by Gasteiger charge is -1.93. The summed E-state index contributed by atoms with van der Waals surface area (Å²) in [5.41, 5.74) is 0.703.